The molecule has 0 spiro atoms. The normalized spacial score (nSPS) is 11.1. The molecule has 3 aromatic carbocycles. The Hall–Kier alpha value is -4.11. The van der Waals surface area contributed by atoms with Crippen LogP contribution in [0.2, 0.25) is 0 Å². The molecule has 0 bridgehead atoms. The number of hydrogen-bond donors (Lipinski definition) is 1. The lowest BCUT2D eigenvalue weighted by Gasteiger charge is -2.14. The summed E-state index contributed by atoms with van der Waals surface area (Å²) in [4.78, 5) is 24.6. The summed E-state index contributed by atoms with van der Waals surface area (Å²) >= 11 is 0. The van der Waals surface area contributed by atoms with Gasteiger partial charge in [0.15, 0.2) is 6.10 Å². The SMILES string of the molecule is C[C@H](OC(=O)c1ccc(COc2ccccc2)cc1)C(=O)Nc1ccccc1C#N. The molecule has 0 aliphatic carbocycles. The lowest BCUT2D eigenvalue weighted by Crippen LogP contribution is -2.30. The molecule has 6 heteroatoms. The van der Waals surface area contributed by atoms with Crippen LogP contribution in [0.15, 0.2) is 78.9 Å². The highest BCUT2D eigenvalue weighted by molar-refractivity contribution is 5.98. The first-order valence-corrected chi connectivity index (χ1v) is 9.34. The summed E-state index contributed by atoms with van der Waals surface area (Å²) in [5, 5.41) is 11.7. The van der Waals surface area contributed by atoms with Gasteiger partial charge in [-0.3, -0.25) is 4.79 Å². The molecule has 0 saturated heterocycles. The average Bonchev–Trinajstić information content (AvgIpc) is 2.79. The molecule has 3 rings (SSSR count). The van der Waals surface area contributed by atoms with Crippen molar-refractivity contribution >= 4 is 17.6 Å². The number of nitriles is 1. The van der Waals surface area contributed by atoms with Crippen LogP contribution in [0.25, 0.3) is 0 Å². The monoisotopic (exact) mass is 400 g/mol. The molecule has 1 amide bonds. The second kappa shape index (κ2) is 9.89. The fourth-order valence-corrected chi connectivity index (χ4v) is 2.63. The molecule has 30 heavy (non-hydrogen) atoms. The quantitative estimate of drug-likeness (QED) is 0.597. The average molecular weight is 400 g/mol. The van der Waals surface area contributed by atoms with Gasteiger partial charge in [-0.25, -0.2) is 4.79 Å². The van der Waals surface area contributed by atoms with E-state index in [1.165, 1.54) is 6.92 Å². The maximum absolute atomic E-state index is 12.3. The highest BCUT2D eigenvalue weighted by Gasteiger charge is 2.20. The van der Waals surface area contributed by atoms with Crippen molar-refractivity contribution in [3.63, 3.8) is 0 Å². The van der Waals surface area contributed by atoms with Gasteiger partial charge in [0, 0.05) is 0 Å². The molecular formula is C24H20N2O4. The smallest absolute Gasteiger partial charge is 0.338 e. The number of carbonyl (C=O) groups excluding carboxylic acids is 2. The highest BCUT2D eigenvalue weighted by atomic mass is 16.5. The van der Waals surface area contributed by atoms with Gasteiger partial charge in [0.05, 0.1) is 16.8 Å². The van der Waals surface area contributed by atoms with Crippen molar-refractivity contribution in [3.05, 3.63) is 95.6 Å². The van der Waals surface area contributed by atoms with Gasteiger partial charge in [-0.1, -0.05) is 42.5 Å². The number of nitrogens with one attached hydrogen (secondary N) is 1. The first kappa shape index (κ1) is 20.6. The molecular weight excluding hydrogens is 380 g/mol. The van der Waals surface area contributed by atoms with E-state index in [4.69, 9.17) is 14.7 Å². The molecule has 150 valence electrons. The molecule has 0 unspecified atom stereocenters. The molecule has 3 aromatic rings. The van der Waals surface area contributed by atoms with E-state index in [1.807, 2.05) is 36.4 Å². The van der Waals surface area contributed by atoms with E-state index in [1.54, 1.807) is 48.5 Å². The minimum Gasteiger partial charge on any atom is -0.489 e. The number of benzene rings is 3. The second-order valence-electron chi connectivity index (χ2n) is 6.49. The van der Waals surface area contributed by atoms with Gasteiger partial charge < -0.3 is 14.8 Å². The molecule has 0 fully saturated rings. The minimum atomic E-state index is -1.02. The van der Waals surface area contributed by atoms with Crippen LogP contribution >= 0.6 is 0 Å². The maximum atomic E-state index is 12.3. The third-order valence-electron chi connectivity index (χ3n) is 4.30. The number of para-hydroxylation sites is 2. The number of nitrogens with zero attached hydrogens (tertiary/aromatic N) is 1. The Labute approximate surface area is 174 Å². The number of hydrogen-bond acceptors (Lipinski definition) is 5. The first-order chi connectivity index (χ1) is 14.6. The largest absolute Gasteiger partial charge is 0.489 e. The Morgan fingerprint density at radius 1 is 0.967 bits per heavy atom. The van der Waals surface area contributed by atoms with Gasteiger partial charge in [0.1, 0.15) is 18.4 Å². The van der Waals surface area contributed by atoms with Crippen molar-refractivity contribution in [3.8, 4) is 11.8 Å². The van der Waals surface area contributed by atoms with Crippen molar-refractivity contribution in [1.29, 1.82) is 5.26 Å². The Kier molecular flexibility index (Phi) is 6.80. The van der Waals surface area contributed by atoms with E-state index < -0.39 is 18.0 Å². The van der Waals surface area contributed by atoms with Gasteiger partial charge in [-0.15, -0.1) is 0 Å². The molecule has 0 aromatic heterocycles. The van der Waals surface area contributed by atoms with E-state index in [2.05, 4.69) is 5.32 Å². The van der Waals surface area contributed by atoms with Gasteiger partial charge in [0.2, 0.25) is 0 Å². The predicted molar refractivity (Wildman–Crippen MR) is 112 cm³/mol. The highest BCUT2D eigenvalue weighted by Crippen LogP contribution is 2.15. The third kappa shape index (κ3) is 5.46. The maximum Gasteiger partial charge on any atom is 0.338 e. The van der Waals surface area contributed by atoms with Gasteiger partial charge in [0.25, 0.3) is 5.91 Å². The van der Waals surface area contributed by atoms with Crippen LogP contribution in [-0.4, -0.2) is 18.0 Å². The standard InChI is InChI=1S/C24H20N2O4/c1-17(23(27)26-22-10-6-5-7-20(22)15-25)30-24(28)19-13-11-18(12-14-19)16-29-21-8-3-2-4-9-21/h2-14,17H,16H2,1H3,(H,26,27)/t17-/m0/s1. The second-order valence-corrected chi connectivity index (χ2v) is 6.49. The van der Waals surface area contributed by atoms with E-state index in [0.717, 1.165) is 11.3 Å². The zero-order valence-corrected chi connectivity index (χ0v) is 16.4. The molecule has 0 saturated carbocycles. The van der Waals surface area contributed by atoms with E-state index in [-0.39, 0.29) is 0 Å². The predicted octanol–water partition coefficient (Wildman–Crippen LogP) is 4.32. The van der Waals surface area contributed by atoms with Crippen LogP contribution < -0.4 is 10.1 Å². The molecule has 6 nitrogen and oxygen atoms in total. The van der Waals surface area contributed by atoms with E-state index in [9.17, 15) is 9.59 Å². The summed E-state index contributed by atoms with van der Waals surface area (Å²) in [7, 11) is 0. The molecule has 0 radical (unpaired) electrons. The summed E-state index contributed by atoms with van der Waals surface area (Å²) in [6.45, 7) is 1.85. The van der Waals surface area contributed by atoms with Crippen LogP contribution in [0.5, 0.6) is 5.75 Å². The van der Waals surface area contributed by atoms with Crippen LogP contribution in [0.1, 0.15) is 28.4 Å². The minimum absolute atomic E-state index is 0.329. The lowest BCUT2D eigenvalue weighted by molar-refractivity contribution is -0.123. The zero-order valence-electron chi connectivity index (χ0n) is 16.4. The Morgan fingerprint density at radius 2 is 1.63 bits per heavy atom. The third-order valence-corrected chi connectivity index (χ3v) is 4.30. The van der Waals surface area contributed by atoms with Crippen molar-refractivity contribution in [2.45, 2.75) is 19.6 Å². The fourth-order valence-electron chi connectivity index (χ4n) is 2.63. The summed E-state index contributed by atoms with van der Waals surface area (Å²) < 4.78 is 10.9. The number of carbonyl (C=O) groups is 2. The number of amides is 1. The van der Waals surface area contributed by atoms with Gasteiger partial charge in [-0.05, 0) is 48.9 Å². The van der Waals surface area contributed by atoms with Crippen molar-refractivity contribution in [1.82, 2.24) is 0 Å². The van der Waals surface area contributed by atoms with Gasteiger partial charge >= 0.3 is 5.97 Å². The summed E-state index contributed by atoms with van der Waals surface area (Å²) in [6, 6.07) is 24.8. The Bertz CT molecular complexity index is 1060. The summed E-state index contributed by atoms with van der Waals surface area (Å²) in [6.07, 6.45) is -1.02. The molecule has 1 atom stereocenters. The molecule has 0 aliphatic heterocycles. The zero-order chi connectivity index (χ0) is 21.3. The van der Waals surface area contributed by atoms with Crippen LogP contribution in [-0.2, 0) is 16.1 Å². The summed E-state index contributed by atoms with van der Waals surface area (Å²) in [5.74, 6) is -0.362. The van der Waals surface area contributed by atoms with Gasteiger partial charge in [-0.2, -0.15) is 5.26 Å². The van der Waals surface area contributed by atoms with Crippen LogP contribution in [0.3, 0.4) is 0 Å². The topological polar surface area (TPSA) is 88.4 Å². The van der Waals surface area contributed by atoms with Crippen molar-refractivity contribution in [2.24, 2.45) is 0 Å². The lowest BCUT2D eigenvalue weighted by atomic mass is 10.1. The number of anilines is 1. The summed E-state index contributed by atoms with van der Waals surface area (Å²) in [5.41, 5.74) is 1.93. The van der Waals surface area contributed by atoms with Crippen LogP contribution in [0, 0.1) is 11.3 Å². The molecule has 0 heterocycles. The van der Waals surface area contributed by atoms with Crippen molar-refractivity contribution < 1.29 is 19.1 Å². The molecule has 0 aliphatic rings. The van der Waals surface area contributed by atoms with E-state index >= 15 is 0 Å². The number of ether oxygens (including phenoxy) is 2. The number of esters is 1. The number of rotatable bonds is 7. The first-order valence-electron chi connectivity index (χ1n) is 9.34. The van der Waals surface area contributed by atoms with Crippen molar-refractivity contribution in [2.75, 3.05) is 5.32 Å². The molecule has 1 N–H and O–H groups in total. The van der Waals surface area contributed by atoms with Crippen LogP contribution in [0.4, 0.5) is 5.69 Å². The van der Waals surface area contributed by atoms with E-state index in [0.29, 0.717) is 23.4 Å². The Morgan fingerprint density at radius 3 is 2.33 bits per heavy atom. The fraction of sp³-hybridized carbons (Fsp3) is 0.125. The Balaban J connectivity index is 1.54.